The standard InChI is InChI=1S/C29H31N3O5/c1-28(2,3)37-27(35)32-29(16-17-29)26(34)31-23-18-22(14-15-24(23)36-4)30-25(33)21-12-10-20(11-13-21)19-8-6-5-7-9-19/h5-15,18H,16-17H2,1-4H3,(H,30,33)(H,31,34)(H,32,35). The molecule has 3 aromatic carbocycles. The summed E-state index contributed by atoms with van der Waals surface area (Å²) in [6.07, 6.45) is 0.345. The first-order valence-corrected chi connectivity index (χ1v) is 12.1. The Balaban J connectivity index is 1.44. The summed E-state index contributed by atoms with van der Waals surface area (Å²) >= 11 is 0. The number of hydrogen-bond donors (Lipinski definition) is 3. The van der Waals surface area contributed by atoms with Crippen LogP contribution >= 0.6 is 0 Å². The van der Waals surface area contributed by atoms with E-state index in [0.717, 1.165) is 11.1 Å². The number of rotatable bonds is 7. The van der Waals surface area contributed by atoms with Gasteiger partial charge >= 0.3 is 6.09 Å². The van der Waals surface area contributed by atoms with Gasteiger partial charge in [0.2, 0.25) is 5.91 Å². The number of nitrogens with one attached hydrogen (secondary N) is 3. The molecule has 1 aliphatic carbocycles. The third kappa shape index (κ3) is 6.46. The number of methoxy groups -OCH3 is 1. The average molecular weight is 502 g/mol. The quantitative estimate of drug-likeness (QED) is 0.390. The van der Waals surface area contributed by atoms with Crippen LogP contribution in [-0.2, 0) is 9.53 Å². The fourth-order valence-electron chi connectivity index (χ4n) is 3.81. The van der Waals surface area contributed by atoms with E-state index in [1.807, 2.05) is 42.5 Å². The first-order chi connectivity index (χ1) is 17.6. The van der Waals surface area contributed by atoms with Crippen molar-refractivity contribution in [3.63, 3.8) is 0 Å². The minimum Gasteiger partial charge on any atom is -0.495 e. The molecule has 0 bridgehead atoms. The molecule has 0 saturated heterocycles. The maximum absolute atomic E-state index is 13.0. The number of ether oxygens (including phenoxy) is 2. The van der Waals surface area contributed by atoms with E-state index < -0.39 is 17.2 Å². The molecule has 0 atom stereocenters. The van der Waals surface area contributed by atoms with E-state index in [2.05, 4.69) is 16.0 Å². The van der Waals surface area contributed by atoms with Crippen molar-refractivity contribution in [2.45, 2.75) is 44.8 Å². The molecule has 3 amide bonds. The molecular formula is C29H31N3O5. The number of alkyl carbamates (subject to hydrolysis) is 1. The Morgan fingerprint density at radius 3 is 2.08 bits per heavy atom. The van der Waals surface area contributed by atoms with Crippen molar-refractivity contribution in [1.82, 2.24) is 5.32 Å². The lowest BCUT2D eigenvalue weighted by Crippen LogP contribution is -2.47. The van der Waals surface area contributed by atoms with Crippen molar-refractivity contribution >= 4 is 29.3 Å². The van der Waals surface area contributed by atoms with Gasteiger partial charge in [0.05, 0.1) is 12.8 Å². The summed E-state index contributed by atoms with van der Waals surface area (Å²) in [5.74, 6) is -0.240. The summed E-state index contributed by atoms with van der Waals surface area (Å²) in [6, 6.07) is 22.2. The first kappa shape index (κ1) is 25.8. The second-order valence-corrected chi connectivity index (χ2v) is 9.98. The Labute approximate surface area is 216 Å². The maximum atomic E-state index is 13.0. The van der Waals surface area contributed by atoms with Crippen LogP contribution in [0.1, 0.15) is 44.0 Å². The third-order valence-corrected chi connectivity index (χ3v) is 5.88. The SMILES string of the molecule is COc1ccc(NC(=O)c2ccc(-c3ccccc3)cc2)cc1NC(=O)C1(NC(=O)OC(C)(C)C)CC1. The van der Waals surface area contributed by atoms with Gasteiger partial charge in [-0.15, -0.1) is 0 Å². The monoisotopic (exact) mass is 501 g/mol. The van der Waals surface area contributed by atoms with E-state index in [-0.39, 0.29) is 11.8 Å². The van der Waals surface area contributed by atoms with E-state index in [9.17, 15) is 14.4 Å². The second kappa shape index (κ2) is 10.3. The summed E-state index contributed by atoms with van der Waals surface area (Å²) in [7, 11) is 1.49. The van der Waals surface area contributed by atoms with E-state index in [1.165, 1.54) is 7.11 Å². The summed E-state index contributed by atoms with van der Waals surface area (Å²) in [4.78, 5) is 38.1. The van der Waals surface area contributed by atoms with Gasteiger partial charge in [-0.1, -0.05) is 42.5 Å². The molecule has 37 heavy (non-hydrogen) atoms. The molecule has 8 heteroatoms. The topological polar surface area (TPSA) is 106 Å². The smallest absolute Gasteiger partial charge is 0.408 e. The van der Waals surface area contributed by atoms with E-state index in [0.29, 0.717) is 35.5 Å². The van der Waals surface area contributed by atoms with Crippen molar-refractivity contribution < 1.29 is 23.9 Å². The predicted octanol–water partition coefficient (Wildman–Crippen LogP) is 5.61. The van der Waals surface area contributed by atoms with Crippen molar-refractivity contribution in [2.24, 2.45) is 0 Å². The minimum absolute atomic E-state index is 0.285. The molecule has 3 aromatic rings. The fourth-order valence-corrected chi connectivity index (χ4v) is 3.81. The Kier molecular flexibility index (Phi) is 7.20. The zero-order valence-electron chi connectivity index (χ0n) is 21.4. The van der Waals surface area contributed by atoms with Crippen LogP contribution in [0.15, 0.2) is 72.8 Å². The van der Waals surface area contributed by atoms with Crippen molar-refractivity contribution in [3.8, 4) is 16.9 Å². The molecule has 0 spiro atoms. The van der Waals surface area contributed by atoms with Crippen LogP contribution in [-0.4, -0.2) is 36.2 Å². The van der Waals surface area contributed by atoms with E-state index in [4.69, 9.17) is 9.47 Å². The highest BCUT2D eigenvalue weighted by atomic mass is 16.6. The lowest BCUT2D eigenvalue weighted by molar-refractivity contribution is -0.119. The zero-order valence-corrected chi connectivity index (χ0v) is 21.4. The largest absolute Gasteiger partial charge is 0.495 e. The van der Waals surface area contributed by atoms with Gasteiger partial charge in [-0.05, 0) is 75.1 Å². The molecule has 1 saturated carbocycles. The lowest BCUT2D eigenvalue weighted by Gasteiger charge is -2.23. The van der Waals surface area contributed by atoms with Gasteiger partial charge in [0.25, 0.3) is 5.91 Å². The molecule has 192 valence electrons. The van der Waals surface area contributed by atoms with Crippen LogP contribution in [0.25, 0.3) is 11.1 Å². The summed E-state index contributed by atoms with van der Waals surface area (Å²) in [6.45, 7) is 5.28. The Morgan fingerprint density at radius 1 is 0.838 bits per heavy atom. The number of carbonyl (C=O) groups is 3. The zero-order chi connectivity index (χ0) is 26.6. The van der Waals surface area contributed by atoms with Crippen LogP contribution < -0.4 is 20.7 Å². The maximum Gasteiger partial charge on any atom is 0.408 e. The second-order valence-electron chi connectivity index (χ2n) is 9.98. The predicted molar refractivity (Wildman–Crippen MR) is 143 cm³/mol. The molecule has 4 rings (SSSR count). The van der Waals surface area contributed by atoms with Gasteiger partial charge in [-0.2, -0.15) is 0 Å². The van der Waals surface area contributed by atoms with Gasteiger partial charge in [0.15, 0.2) is 0 Å². The molecule has 8 nitrogen and oxygen atoms in total. The van der Waals surface area contributed by atoms with Gasteiger partial charge in [0.1, 0.15) is 16.9 Å². The Morgan fingerprint density at radius 2 is 1.49 bits per heavy atom. The van der Waals surface area contributed by atoms with Crippen LogP contribution in [0.5, 0.6) is 5.75 Å². The number of carbonyl (C=O) groups excluding carboxylic acids is 3. The molecule has 3 N–H and O–H groups in total. The average Bonchev–Trinajstić information content (AvgIpc) is 3.64. The highest BCUT2D eigenvalue weighted by Crippen LogP contribution is 2.38. The Bertz CT molecular complexity index is 1290. The van der Waals surface area contributed by atoms with Gasteiger partial charge < -0.3 is 25.4 Å². The third-order valence-electron chi connectivity index (χ3n) is 5.88. The van der Waals surface area contributed by atoms with Crippen molar-refractivity contribution in [1.29, 1.82) is 0 Å². The summed E-state index contributed by atoms with van der Waals surface area (Å²) < 4.78 is 10.7. The van der Waals surface area contributed by atoms with Gasteiger partial charge in [-0.25, -0.2) is 4.79 Å². The highest BCUT2D eigenvalue weighted by molar-refractivity contribution is 6.06. The van der Waals surface area contributed by atoms with E-state index >= 15 is 0 Å². The number of hydrogen-bond acceptors (Lipinski definition) is 5. The lowest BCUT2D eigenvalue weighted by atomic mass is 10.0. The number of anilines is 2. The highest BCUT2D eigenvalue weighted by Gasteiger charge is 2.52. The molecule has 0 unspecified atom stereocenters. The van der Waals surface area contributed by atoms with Crippen molar-refractivity contribution in [3.05, 3.63) is 78.4 Å². The first-order valence-electron chi connectivity index (χ1n) is 12.1. The molecule has 1 aliphatic rings. The minimum atomic E-state index is -1.03. The normalized spacial score (nSPS) is 13.7. The van der Waals surface area contributed by atoms with Gasteiger partial charge in [0, 0.05) is 11.3 Å². The van der Waals surface area contributed by atoms with Gasteiger partial charge in [-0.3, -0.25) is 9.59 Å². The number of amides is 3. The Hall–Kier alpha value is -4.33. The van der Waals surface area contributed by atoms with E-state index in [1.54, 1.807) is 51.1 Å². The van der Waals surface area contributed by atoms with Crippen LogP contribution in [0, 0.1) is 0 Å². The van der Waals surface area contributed by atoms with Crippen LogP contribution in [0.3, 0.4) is 0 Å². The molecule has 0 heterocycles. The molecule has 1 fully saturated rings. The number of benzene rings is 3. The van der Waals surface area contributed by atoms with Crippen LogP contribution in [0.4, 0.5) is 16.2 Å². The fraction of sp³-hybridized carbons (Fsp3) is 0.276. The molecule has 0 aliphatic heterocycles. The summed E-state index contributed by atoms with van der Waals surface area (Å²) in [5.41, 5.74) is 1.74. The molecule has 0 radical (unpaired) electrons. The van der Waals surface area contributed by atoms with Crippen LogP contribution in [0.2, 0.25) is 0 Å². The van der Waals surface area contributed by atoms with Crippen molar-refractivity contribution in [2.75, 3.05) is 17.7 Å². The molecular weight excluding hydrogens is 470 g/mol. The molecule has 0 aromatic heterocycles. The summed E-state index contributed by atoms with van der Waals surface area (Å²) in [5, 5.41) is 8.37.